The number of nitrogen functional groups attached to an aromatic ring is 1. The van der Waals surface area contributed by atoms with Gasteiger partial charge in [0.05, 0.1) is 22.8 Å². The second-order valence-electron chi connectivity index (χ2n) is 8.24. The highest BCUT2D eigenvalue weighted by Gasteiger charge is 2.27. The van der Waals surface area contributed by atoms with Crippen molar-refractivity contribution in [1.82, 2.24) is 9.88 Å². The standard InChI is InChI=1S/C25H22Cl2N4O2S/c1-31-9-8-19-16(12-31)20(13-4-3-5-15(10-13)33-2)21-22(28)23(34-25(21)30-19)24(32)29-14-6-7-17(26)18(27)11-14/h3-7,10-11H,8-9,12,28H2,1-2H3,(H,29,32). The number of carbonyl (C=O) groups is 1. The predicted molar refractivity (Wildman–Crippen MR) is 140 cm³/mol. The number of likely N-dealkylation sites (N-methyl/N-ethyl adjacent to an activating group) is 1. The van der Waals surface area contributed by atoms with Crippen LogP contribution in [0.2, 0.25) is 10.0 Å². The van der Waals surface area contributed by atoms with E-state index in [1.807, 2.05) is 24.3 Å². The molecule has 1 amide bonds. The van der Waals surface area contributed by atoms with Crippen molar-refractivity contribution < 1.29 is 9.53 Å². The number of hydrogen-bond acceptors (Lipinski definition) is 6. The van der Waals surface area contributed by atoms with Crippen LogP contribution in [0.4, 0.5) is 11.4 Å². The minimum Gasteiger partial charge on any atom is -0.497 e. The van der Waals surface area contributed by atoms with E-state index < -0.39 is 0 Å². The zero-order valence-corrected chi connectivity index (χ0v) is 20.9. The second kappa shape index (κ2) is 9.07. The SMILES string of the molecule is COc1cccc(-c2c3c(nc4sc(C(=O)Nc5ccc(Cl)c(Cl)c5)c(N)c24)CCN(C)C3)c1. The van der Waals surface area contributed by atoms with E-state index in [0.29, 0.717) is 26.3 Å². The Morgan fingerprint density at radius 3 is 2.79 bits per heavy atom. The first kappa shape index (κ1) is 22.9. The maximum atomic E-state index is 13.2. The minimum atomic E-state index is -0.314. The fraction of sp³-hybridized carbons (Fsp3) is 0.200. The number of pyridine rings is 1. The third-order valence-corrected chi connectivity index (χ3v) is 7.80. The molecule has 1 aliphatic heterocycles. The van der Waals surface area contributed by atoms with Gasteiger partial charge < -0.3 is 20.7 Å². The van der Waals surface area contributed by atoms with Gasteiger partial charge in [-0.05, 0) is 48.5 Å². The number of carbonyl (C=O) groups excluding carboxylic acids is 1. The Kier molecular flexibility index (Phi) is 6.12. The molecule has 4 aromatic rings. The van der Waals surface area contributed by atoms with E-state index in [9.17, 15) is 4.79 Å². The van der Waals surface area contributed by atoms with Crippen LogP contribution in [-0.2, 0) is 13.0 Å². The molecule has 0 fully saturated rings. The van der Waals surface area contributed by atoms with Crippen molar-refractivity contribution in [3.63, 3.8) is 0 Å². The van der Waals surface area contributed by atoms with Crippen LogP contribution in [0, 0.1) is 0 Å². The molecule has 9 heteroatoms. The predicted octanol–water partition coefficient (Wildman–Crippen LogP) is 6.10. The molecular formula is C25H22Cl2N4O2S. The molecular weight excluding hydrogens is 491 g/mol. The molecule has 0 saturated carbocycles. The fourth-order valence-corrected chi connectivity index (χ4v) is 5.60. The highest BCUT2D eigenvalue weighted by molar-refractivity contribution is 7.21. The Bertz CT molecular complexity index is 1440. The van der Waals surface area contributed by atoms with Crippen LogP contribution < -0.4 is 15.8 Å². The number of amides is 1. The highest BCUT2D eigenvalue weighted by Crippen LogP contribution is 2.44. The van der Waals surface area contributed by atoms with E-state index >= 15 is 0 Å². The zero-order chi connectivity index (χ0) is 24.0. The number of ether oxygens (including phenoxy) is 1. The van der Waals surface area contributed by atoms with Crippen molar-refractivity contribution >= 4 is 62.0 Å². The average molecular weight is 513 g/mol. The van der Waals surface area contributed by atoms with Crippen LogP contribution in [0.3, 0.4) is 0 Å². The van der Waals surface area contributed by atoms with Crippen molar-refractivity contribution in [3.8, 4) is 16.9 Å². The average Bonchev–Trinajstić information content (AvgIpc) is 3.16. The molecule has 0 radical (unpaired) electrons. The monoisotopic (exact) mass is 512 g/mol. The van der Waals surface area contributed by atoms with E-state index in [0.717, 1.165) is 57.9 Å². The lowest BCUT2D eigenvalue weighted by molar-refractivity contribution is 0.103. The van der Waals surface area contributed by atoms with Gasteiger partial charge in [0.25, 0.3) is 5.91 Å². The number of anilines is 2. The van der Waals surface area contributed by atoms with Gasteiger partial charge in [-0.1, -0.05) is 35.3 Å². The number of nitrogens with zero attached hydrogens (tertiary/aromatic N) is 2. The molecule has 2 aromatic carbocycles. The largest absolute Gasteiger partial charge is 0.497 e. The molecule has 1 aliphatic rings. The normalized spacial score (nSPS) is 13.6. The zero-order valence-electron chi connectivity index (χ0n) is 18.6. The van der Waals surface area contributed by atoms with Crippen LogP contribution in [-0.4, -0.2) is 36.5 Å². The topological polar surface area (TPSA) is 80.5 Å². The number of nitrogens with one attached hydrogen (secondary N) is 1. The van der Waals surface area contributed by atoms with Crippen LogP contribution in [0.25, 0.3) is 21.3 Å². The molecule has 174 valence electrons. The molecule has 2 aromatic heterocycles. The van der Waals surface area contributed by atoms with Gasteiger partial charge in [-0.25, -0.2) is 4.98 Å². The third-order valence-electron chi connectivity index (χ3n) is 5.96. The van der Waals surface area contributed by atoms with Gasteiger partial charge >= 0.3 is 0 Å². The van der Waals surface area contributed by atoms with E-state index in [2.05, 4.69) is 17.3 Å². The van der Waals surface area contributed by atoms with E-state index in [1.165, 1.54) is 11.3 Å². The first-order valence-corrected chi connectivity index (χ1v) is 12.3. The van der Waals surface area contributed by atoms with Crippen molar-refractivity contribution in [1.29, 1.82) is 0 Å². The molecule has 0 aliphatic carbocycles. The molecule has 3 N–H and O–H groups in total. The first-order chi connectivity index (χ1) is 16.4. The first-order valence-electron chi connectivity index (χ1n) is 10.7. The molecule has 0 spiro atoms. The number of nitrogens with two attached hydrogens (primary N) is 1. The summed E-state index contributed by atoms with van der Waals surface area (Å²) in [6.45, 7) is 1.68. The molecule has 6 nitrogen and oxygen atoms in total. The molecule has 0 bridgehead atoms. The highest BCUT2D eigenvalue weighted by atomic mass is 35.5. The molecule has 0 unspecified atom stereocenters. The quantitative estimate of drug-likeness (QED) is 0.345. The Balaban J connectivity index is 1.67. The summed E-state index contributed by atoms with van der Waals surface area (Å²) in [5, 5.41) is 4.46. The maximum absolute atomic E-state index is 13.2. The van der Waals surface area contributed by atoms with E-state index in [1.54, 1.807) is 25.3 Å². The summed E-state index contributed by atoms with van der Waals surface area (Å²) in [6.07, 6.45) is 0.835. The third kappa shape index (κ3) is 4.09. The smallest absolute Gasteiger partial charge is 0.267 e. The number of rotatable bonds is 4. The molecule has 0 saturated heterocycles. The lowest BCUT2D eigenvalue weighted by Gasteiger charge is -2.27. The van der Waals surface area contributed by atoms with Crippen LogP contribution in [0.1, 0.15) is 20.9 Å². The van der Waals surface area contributed by atoms with Crippen LogP contribution in [0.5, 0.6) is 5.75 Å². The summed E-state index contributed by atoms with van der Waals surface area (Å²) >= 11 is 13.4. The van der Waals surface area contributed by atoms with Crippen molar-refractivity contribution in [2.24, 2.45) is 0 Å². The number of aromatic nitrogens is 1. The van der Waals surface area contributed by atoms with Gasteiger partial charge in [0.2, 0.25) is 0 Å². The number of thiophene rings is 1. The van der Waals surface area contributed by atoms with Gasteiger partial charge in [-0.3, -0.25) is 4.79 Å². The summed E-state index contributed by atoms with van der Waals surface area (Å²) in [7, 11) is 3.74. The van der Waals surface area contributed by atoms with Crippen molar-refractivity contribution in [2.75, 3.05) is 31.8 Å². The van der Waals surface area contributed by atoms with Gasteiger partial charge in [0.1, 0.15) is 15.5 Å². The fourth-order valence-electron chi connectivity index (χ4n) is 4.29. The van der Waals surface area contributed by atoms with Gasteiger partial charge in [0, 0.05) is 41.8 Å². The molecule has 34 heavy (non-hydrogen) atoms. The van der Waals surface area contributed by atoms with E-state index in [-0.39, 0.29) is 5.91 Å². The Labute approximate surface area is 211 Å². The van der Waals surface area contributed by atoms with Gasteiger partial charge in [-0.15, -0.1) is 11.3 Å². The number of hydrogen-bond donors (Lipinski definition) is 2. The molecule has 5 rings (SSSR count). The Morgan fingerprint density at radius 2 is 2.03 bits per heavy atom. The van der Waals surface area contributed by atoms with Gasteiger partial charge in [0.15, 0.2) is 0 Å². The summed E-state index contributed by atoms with van der Waals surface area (Å²) < 4.78 is 5.47. The van der Waals surface area contributed by atoms with Crippen LogP contribution in [0.15, 0.2) is 42.5 Å². The minimum absolute atomic E-state index is 0.314. The Hall–Kier alpha value is -2.84. The number of fused-ring (bicyclic) bond motifs is 2. The number of methoxy groups -OCH3 is 1. The molecule has 0 atom stereocenters. The summed E-state index contributed by atoms with van der Waals surface area (Å²) in [6, 6.07) is 12.9. The van der Waals surface area contributed by atoms with Crippen molar-refractivity contribution in [2.45, 2.75) is 13.0 Å². The summed E-state index contributed by atoms with van der Waals surface area (Å²) in [5.41, 5.74) is 11.8. The number of benzene rings is 2. The van der Waals surface area contributed by atoms with Gasteiger partial charge in [-0.2, -0.15) is 0 Å². The van der Waals surface area contributed by atoms with E-state index in [4.69, 9.17) is 38.7 Å². The lowest BCUT2D eigenvalue weighted by Crippen LogP contribution is -2.27. The van der Waals surface area contributed by atoms with Crippen molar-refractivity contribution in [3.05, 3.63) is 68.6 Å². The Morgan fingerprint density at radius 1 is 1.21 bits per heavy atom. The number of halogens is 2. The second-order valence-corrected chi connectivity index (χ2v) is 10.1. The lowest BCUT2D eigenvalue weighted by atomic mass is 9.92. The van der Waals surface area contributed by atoms with Crippen LogP contribution >= 0.6 is 34.5 Å². The molecule has 3 heterocycles. The summed E-state index contributed by atoms with van der Waals surface area (Å²) in [4.78, 5) is 21.6. The summed E-state index contributed by atoms with van der Waals surface area (Å²) in [5.74, 6) is 0.442. The maximum Gasteiger partial charge on any atom is 0.267 e.